The molecule has 0 saturated carbocycles. The number of nitro benzene ring substituents is 1. The van der Waals surface area contributed by atoms with E-state index in [9.17, 15) is 14.9 Å². The summed E-state index contributed by atoms with van der Waals surface area (Å²) in [5, 5.41) is 20.4. The Kier molecular flexibility index (Phi) is 5.81. The number of carboxylic acids is 1. The smallest absolute Gasteiger partial charge is 0.352 e. The highest BCUT2D eigenvalue weighted by Gasteiger charge is 2.18. The number of H-pyrrole nitrogens is 1. The van der Waals surface area contributed by atoms with E-state index in [1.54, 1.807) is 6.07 Å². The Morgan fingerprint density at radius 2 is 2.16 bits per heavy atom. The molecule has 132 valence electrons. The van der Waals surface area contributed by atoms with Crippen molar-refractivity contribution < 1.29 is 19.6 Å². The van der Waals surface area contributed by atoms with E-state index < -0.39 is 10.9 Å². The Morgan fingerprint density at radius 1 is 1.44 bits per heavy atom. The highest BCUT2D eigenvalue weighted by atomic mass is 32.1. The number of hydrogen-bond acceptors (Lipinski definition) is 6. The van der Waals surface area contributed by atoms with Gasteiger partial charge in [0.15, 0.2) is 10.5 Å². The maximum absolute atomic E-state index is 11.3. The number of aromatic amines is 1. The Labute approximate surface area is 148 Å². The fourth-order valence-electron chi connectivity index (χ4n) is 2.07. The van der Waals surface area contributed by atoms with Crippen molar-refractivity contribution in [2.45, 2.75) is 20.3 Å². The number of carboxylic acid groups (broad SMARTS) is 1. The maximum Gasteiger partial charge on any atom is 0.352 e. The molecule has 0 aliphatic rings. The van der Waals surface area contributed by atoms with Gasteiger partial charge in [0.25, 0.3) is 0 Å². The van der Waals surface area contributed by atoms with Crippen LogP contribution < -0.4 is 4.74 Å². The number of benzene rings is 1. The zero-order valence-corrected chi connectivity index (χ0v) is 14.5. The van der Waals surface area contributed by atoms with Gasteiger partial charge in [-0.15, -0.1) is 0 Å². The van der Waals surface area contributed by atoms with Gasteiger partial charge in [-0.25, -0.2) is 9.78 Å². The standard InChI is InChI=1S/C16H17N3O5S/c1-9(2)5-6-24-14-4-3-10(7-13(14)19(22)23)11-8-12(15(20)21)18-16(25)17-11/h3-4,7-9H,5-6H2,1-2H3,(H,20,21)(H,17,18,25). The van der Waals surface area contributed by atoms with Crippen LogP contribution in [0.3, 0.4) is 0 Å². The summed E-state index contributed by atoms with van der Waals surface area (Å²) in [4.78, 5) is 28.4. The van der Waals surface area contributed by atoms with Crippen molar-refractivity contribution in [1.82, 2.24) is 9.97 Å². The Balaban J connectivity index is 2.40. The lowest BCUT2D eigenvalue weighted by Gasteiger charge is -2.10. The van der Waals surface area contributed by atoms with Crippen molar-refractivity contribution in [3.05, 3.63) is 44.8 Å². The van der Waals surface area contributed by atoms with Crippen LogP contribution >= 0.6 is 12.2 Å². The van der Waals surface area contributed by atoms with Crippen molar-refractivity contribution in [2.24, 2.45) is 5.92 Å². The summed E-state index contributed by atoms with van der Waals surface area (Å²) in [5.74, 6) is -0.616. The first kappa shape index (κ1) is 18.5. The monoisotopic (exact) mass is 363 g/mol. The number of nitro groups is 1. The molecule has 0 fully saturated rings. The number of rotatable bonds is 7. The lowest BCUT2D eigenvalue weighted by atomic mass is 10.1. The number of hydrogen-bond donors (Lipinski definition) is 2. The van der Waals surface area contributed by atoms with E-state index in [0.717, 1.165) is 6.42 Å². The molecule has 1 heterocycles. The van der Waals surface area contributed by atoms with Crippen LogP contribution in [-0.2, 0) is 0 Å². The Morgan fingerprint density at radius 3 is 2.76 bits per heavy atom. The molecule has 2 aromatic rings. The van der Waals surface area contributed by atoms with E-state index in [-0.39, 0.29) is 27.6 Å². The number of carbonyl (C=O) groups is 1. The normalized spacial score (nSPS) is 10.7. The third-order valence-electron chi connectivity index (χ3n) is 3.38. The molecular formula is C16H17N3O5S. The van der Waals surface area contributed by atoms with E-state index in [1.165, 1.54) is 18.2 Å². The molecule has 0 amide bonds. The molecule has 9 heteroatoms. The topological polar surface area (TPSA) is 118 Å². The van der Waals surface area contributed by atoms with Crippen LogP contribution in [0.1, 0.15) is 30.8 Å². The van der Waals surface area contributed by atoms with Gasteiger partial charge >= 0.3 is 11.7 Å². The van der Waals surface area contributed by atoms with Gasteiger partial charge in [0.1, 0.15) is 5.69 Å². The summed E-state index contributed by atoms with van der Waals surface area (Å²) in [6.07, 6.45) is 0.774. The second-order valence-corrected chi connectivity index (χ2v) is 6.15. The molecule has 25 heavy (non-hydrogen) atoms. The van der Waals surface area contributed by atoms with Crippen LogP contribution in [0.5, 0.6) is 5.75 Å². The van der Waals surface area contributed by atoms with Crippen LogP contribution in [0.4, 0.5) is 5.69 Å². The fourth-order valence-corrected chi connectivity index (χ4v) is 2.28. The van der Waals surface area contributed by atoms with E-state index in [1.807, 2.05) is 13.8 Å². The molecule has 2 N–H and O–H groups in total. The van der Waals surface area contributed by atoms with E-state index in [0.29, 0.717) is 18.1 Å². The first-order valence-corrected chi connectivity index (χ1v) is 7.95. The Hall–Kier alpha value is -2.81. The minimum absolute atomic E-state index is 0.0187. The number of aromatic nitrogens is 2. The second kappa shape index (κ2) is 7.84. The number of nitrogens with one attached hydrogen (secondary N) is 1. The molecule has 8 nitrogen and oxygen atoms in total. The predicted octanol–water partition coefficient (Wildman–Crippen LogP) is 3.84. The molecule has 0 radical (unpaired) electrons. The number of aromatic carboxylic acids is 1. The van der Waals surface area contributed by atoms with Gasteiger partial charge in [0.05, 0.1) is 17.2 Å². The maximum atomic E-state index is 11.3. The van der Waals surface area contributed by atoms with Crippen LogP contribution in [0.15, 0.2) is 24.3 Å². The zero-order valence-electron chi connectivity index (χ0n) is 13.7. The second-order valence-electron chi connectivity index (χ2n) is 5.76. The van der Waals surface area contributed by atoms with Crippen molar-refractivity contribution in [2.75, 3.05) is 6.61 Å². The lowest BCUT2D eigenvalue weighted by Crippen LogP contribution is -2.04. The first-order chi connectivity index (χ1) is 11.8. The third-order valence-corrected chi connectivity index (χ3v) is 3.57. The van der Waals surface area contributed by atoms with Gasteiger partial charge in [-0.3, -0.25) is 10.1 Å². The minimum Gasteiger partial charge on any atom is -0.487 e. The lowest BCUT2D eigenvalue weighted by molar-refractivity contribution is -0.385. The van der Waals surface area contributed by atoms with Crippen molar-refractivity contribution in [3.8, 4) is 17.0 Å². The summed E-state index contributed by atoms with van der Waals surface area (Å²) in [6, 6.07) is 5.64. The molecule has 0 unspecified atom stereocenters. The molecule has 1 aromatic heterocycles. The first-order valence-electron chi connectivity index (χ1n) is 7.54. The molecule has 0 aliphatic heterocycles. The van der Waals surface area contributed by atoms with Gasteiger partial charge in [-0.05, 0) is 42.8 Å². The largest absolute Gasteiger partial charge is 0.487 e. The van der Waals surface area contributed by atoms with Gasteiger partial charge in [-0.1, -0.05) is 13.8 Å². The highest BCUT2D eigenvalue weighted by Crippen LogP contribution is 2.32. The highest BCUT2D eigenvalue weighted by molar-refractivity contribution is 7.71. The summed E-state index contributed by atoms with van der Waals surface area (Å²) in [6.45, 7) is 4.44. The zero-order chi connectivity index (χ0) is 18.6. The van der Waals surface area contributed by atoms with Gasteiger partial charge in [-0.2, -0.15) is 0 Å². The van der Waals surface area contributed by atoms with E-state index in [2.05, 4.69) is 9.97 Å². The molecule has 2 rings (SSSR count). The van der Waals surface area contributed by atoms with Crippen molar-refractivity contribution in [3.63, 3.8) is 0 Å². The summed E-state index contributed by atoms with van der Waals surface area (Å²) >= 11 is 4.91. The average Bonchev–Trinajstić information content (AvgIpc) is 2.53. The van der Waals surface area contributed by atoms with Crippen LogP contribution in [0.25, 0.3) is 11.3 Å². The fraction of sp³-hybridized carbons (Fsp3) is 0.312. The molecule has 0 atom stereocenters. The predicted molar refractivity (Wildman–Crippen MR) is 93.4 cm³/mol. The number of nitrogens with zero attached hydrogens (tertiary/aromatic N) is 2. The summed E-state index contributed by atoms with van der Waals surface area (Å²) in [5.41, 5.74) is 0.261. The van der Waals surface area contributed by atoms with E-state index >= 15 is 0 Å². The average molecular weight is 363 g/mol. The van der Waals surface area contributed by atoms with Crippen LogP contribution in [0, 0.1) is 20.8 Å². The van der Waals surface area contributed by atoms with Gasteiger partial charge < -0.3 is 14.8 Å². The van der Waals surface area contributed by atoms with Gasteiger partial charge in [0.2, 0.25) is 0 Å². The summed E-state index contributed by atoms with van der Waals surface area (Å²) < 4.78 is 5.48. The van der Waals surface area contributed by atoms with Crippen molar-refractivity contribution in [1.29, 1.82) is 0 Å². The molecule has 1 aromatic carbocycles. The van der Waals surface area contributed by atoms with Crippen LogP contribution in [0.2, 0.25) is 0 Å². The summed E-state index contributed by atoms with van der Waals surface area (Å²) in [7, 11) is 0. The molecular weight excluding hydrogens is 346 g/mol. The minimum atomic E-state index is -1.20. The quantitative estimate of drug-likeness (QED) is 0.436. The number of ether oxygens (including phenoxy) is 1. The third kappa shape index (κ3) is 4.83. The molecule has 0 aliphatic carbocycles. The van der Waals surface area contributed by atoms with Gasteiger partial charge in [0, 0.05) is 11.6 Å². The molecule has 0 saturated heterocycles. The Bertz CT molecular complexity index is 863. The van der Waals surface area contributed by atoms with Crippen LogP contribution in [-0.4, -0.2) is 32.6 Å². The molecule has 0 bridgehead atoms. The van der Waals surface area contributed by atoms with Crippen molar-refractivity contribution >= 4 is 23.9 Å². The van der Waals surface area contributed by atoms with E-state index in [4.69, 9.17) is 22.1 Å². The molecule has 0 spiro atoms. The SMILES string of the molecule is CC(C)CCOc1ccc(-c2cc(C(=O)O)[nH]c(=S)n2)cc1[N+](=O)[O-].